The van der Waals surface area contributed by atoms with Crippen LogP contribution in [0.4, 0.5) is 0 Å². The number of phenols is 1. The maximum Gasteiger partial charge on any atom is 0.253 e. The maximum absolute atomic E-state index is 11.5. The van der Waals surface area contributed by atoms with Crippen molar-refractivity contribution in [3.05, 3.63) is 27.7 Å². The Bertz CT molecular complexity index is 387. The number of alkyl halides is 3. The Hall–Kier alpha value is 0.140. The molecule has 0 unspecified atom stereocenters. The molecule has 82 valence electrons. The van der Waals surface area contributed by atoms with E-state index in [2.05, 4.69) is 0 Å². The second-order valence-corrected chi connectivity index (χ2v) is 5.71. The van der Waals surface area contributed by atoms with Gasteiger partial charge in [0, 0.05) is 5.56 Å². The van der Waals surface area contributed by atoms with E-state index in [1.807, 2.05) is 0 Å². The molecular weight excluding hydrogens is 305 g/mol. The number of halogens is 5. The number of carbonyl (C=O) groups excluding carboxylic acids is 1. The van der Waals surface area contributed by atoms with Crippen LogP contribution in [0.15, 0.2) is 12.1 Å². The van der Waals surface area contributed by atoms with Crippen molar-refractivity contribution in [3.8, 4) is 5.75 Å². The summed E-state index contributed by atoms with van der Waals surface area (Å²) in [6, 6.07) is 2.35. The van der Waals surface area contributed by atoms with Gasteiger partial charge in [-0.15, -0.1) is 0 Å². The molecule has 0 spiro atoms. The number of benzene rings is 1. The lowest BCUT2D eigenvalue weighted by Crippen LogP contribution is -2.18. The van der Waals surface area contributed by atoms with Gasteiger partial charge in [-0.05, 0) is 12.1 Å². The lowest BCUT2D eigenvalue weighted by atomic mass is 10.1. The lowest BCUT2D eigenvalue weighted by Gasteiger charge is -2.10. The molecule has 0 aromatic heterocycles. The van der Waals surface area contributed by atoms with Crippen LogP contribution in [0.25, 0.3) is 0 Å². The van der Waals surface area contributed by atoms with Crippen LogP contribution >= 0.6 is 58.0 Å². The minimum atomic E-state index is -2.08. The van der Waals surface area contributed by atoms with E-state index in [0.717, 1.165) is 0 Å². The Kier molecular flexibility index (Phi) is 4.01. The Balaban J connectivity index is 3.24. The smallest absolute Gasteiger partial charge is 0.253 e. The zero-order valence-electron chi connectivity index (χ0n) is 6.90. The fourth-order valence-corrected chi connectivity index (χ4v) is 1.67. The molecule has 0 saturated heterocycles. The van der Waals surface area contributed by atoms with Gasteiger partial charge in [0.25, 0.3) is 3.79 Å². The summed E-state index contributed by atoms with van der Waals surface area (Å²) >= 11 is 27.4. The number of Topliss-reactive ketones (excluding diaryl/α,β-unsaturated/α-hetero) is 1. The SMILES string of the molecule is O=C(c1cc(Cl)c(O)c(Cl)c1)C(Cl)(Cl)Cl. The molecule has 2 nitrogen and oxygen atoms in total. The monoisotopic (exact) mass is 306 g/mol. The molecule has 15 heavy (non-hydrogen) atoms. The van der Waals surface area contributed by atoms with Crippen LogP contribution in [0.3, 0.4) is 0 Å². The summed E-state index contributed by atoms with van der Waals surface area (Å²) in [6.07, 6.45) is 0. The Morgan fingerprint density at radius 1 is 1.13 bits per heavy atom. The highest BCUT2D eigenvalue weighted by Gasteiger charge is 2.32. The molecule has 7 heteroatoms. The van der Waals surface area contributed by atoms with Gasteiger partial charge in [0.1, 0.15) is 0 Å². The van der Waals surface area contributed by atoms with Crippen molar-refractivity contribution in [1.82, 2.24) is 0 Å². The average Bonchev–Trinajstić information content (AvgIpc) is 2.10. The summed E-state index contributed by atoms with van der Waals surface area (Å²) in [5.41, 5.74) is 0.0165. The van der Waals surface area contributed by atoms with E-state index in [4.69, 9.17) is 58.0 Å². The first-order chi connectivity index (χ1) is 6.73. The fourth-order valence-electron chi connectivity index (χ4n) is 0.860. The molecule has 0 aliphatic carbocycles. The molecule has 0 saturated carbocycles. The lowest BCUT2D eigenvalue weighted by molar-refractivity contribution is 0.0996. The number of phenolic OH excluding ortho intramolecular Hbond substituents is 1. The molecular formula is C8H3Cl5O2. The maximum atomic E-state index is 11.5. The van der Waals surface area contributed by atoms with Gasteiger partial charge in [-0.3, -0.25) is 4.79 Å². The topological polar surface area (TPSA) is 37.3 Å². The van der Waals surface area contributed by atoms with Gasteiger partial charge < -0.3 is 5.11 Å². The van der Waals surface area contributed by atoms with Gasteiger partial charge in [0.2, 0.25) is 5.78 Å². The van der Waals surface area contributed by atoms with Crippen LogP contribution in [0.1, 0.15) is 10.4 Å². The molecule has 0 bridgehead atoms. The van der Waals surface area contributed by atoms with Crippen molar-refractivity contribution in [3.63, 3.8) is 0 Å². The van der Waals surface area contributed by atoms with Crippen LogP contribution in [0.5, 0.6) is 5.75 Å². The van der Waals surface area contributed by atoms with Crippen molar-refractivity contribution in [2.45, 2.75) is 3.79 Å². The summed E-state index contributed by atoms with van der Waals surface area (Å²) in [6.45, 7) is 0. The highest BCUT2D eigenvalue weighted by Crippen LogP contribution is 2.36. The molecule has 0 heterocycles. The molecule has 0 aliphatic heterocycles. The number of aromatic hydroxyl groups is 1. The van der Waals surface area contributed by atoms with Crippen molar-refractivity contribution < 1.29 is 9.90 Å². The normalized spacial score (nSPS) is 11.5. The Morgan fingerprint density at radius 3 is 1.87 bits per heavy atom. The molecule has 1 rings (SSSR count). The van der Waals surface area contributed by atoms with Crippen molar-refractivity contribution in [1.29, 1.82) is 0 Å². The standard InChI is InChI=1S/C8H3Cl5O2/c9-4-1-3(2-5(10)6(4)14)7(15)8(11,12)13/h1-2,14H. The van der Waals surface area contributed by atoms with Crippen LogP contribution < -0.4 is 0 Å². The van der Waals surface area contributed by atoms with Gasteiger partial charge in [-0.25, -0.2) is 0 Å². The highest BCUT2D eigenvalue weighted by molar-refractivity contribution is 6.77. The van der Waals surface area contributed by atoms with E-state index < -0.39 is 9.58 Å². The summed E-state index contributed by atoms with van der Waals surface area (Å²) in [7, 11) is 0. The van der Waals surface area contributed by atoms with Gasteiger partial charge in [-0.2, -0.15) is 0 Å². The van der Waals surface area contributed by atoms with Crippen molar-refractivity contribution in [2.75, 3.05) is 0 Å². The second-order valence-electron chi connectivity index (χ2n) is 2.62. The molecule has 0 radical (unpaired) electrons. The third kappa shape index (κ3) is 3.05. The minimum Gasteiger partial charge on any atom is -0.505 e. The first-order valence-electron chi connectivity index (χ1n) is 3.53. The Morgan fingerprint density at radius 2 is 1.53 bits per heavy atom. The van der Waals surface area contributed by atoms with Crippen LogP contribution in [-0.4, -0.2) is 14.7 Å². The van der Waals surface area contributed by atoms with E-state index in [1.165, 1.54) is 12.1 Å². The zero-order chi connectivity index (χ0) is 11.8. The van der Waals surface area contributed by atoms with E-state index in [0.29, 0.717) is 0 Å². The number of carbonyl (C=O) groups is 1. The van der Waals surface area contributed by atoms with Gasteiger partial charge in [0.15, 0.2) is 5.75 Å². The van der Waals surface area contributed by atoms with E-state index in [-0.39, 0.29) is 21.4 Å². The summed E-state index contributed by atoms with van der Waals surface area (Å²) in [5.74, 6) is -1.09. The molecule has 1 aromatic carbocycles. The number of ketones is 1. The van der Waals surface area contributed by atoms with Crippen LogP contribution in [-0.2, 0) is 0 Å². The highest BCUT2D eigenvalue weighted by atomic mass is 35.6. The number of rotatable bonds is 1. The number of hydrogen-bond donors (Lipinski definition) is 1. The summed E-state index contributed by atoms with van der Waals surface area (Å²) < 4.78 is -2.08. The fraction of sp³-hybridized carbons (Fsp3) is 0.125. The minimum absolute atomic E-state index is 0.0165. The van der Waals surface area contributed by atoms with E-state index in [1.54, 1.807) is 0 Å². The van der Waals surface area contributed by atoms with E-state index in [9.17, 15) is 9.90 Å². The van der Waals surface area contributed by atoms with Crippen LogP contribution in [0, 0.1) is 0 Å². The molecule has 0 aliphatic rings. The molecule has 0 fully saturated rings. The Labute approximate surface area is 111 Å². The average molecular weight is 308 g/mol. The summed E-state index contributed by atoms with van der Waals surface area (Å²) in [5, 5.41) is 9.07. The first kappa shape index (κ1) is 13.2. The molecule has 1 N–H and O–H groups in total. The molecule has 0 amide bonds. The van der Waals surface area contributed by atoms with Crippen molar-refractivity contribution in [2.24, 2.45) is 0 Å². The quantitative estimate of drug-likeness (QED) is 0.622. The third-order valence-electron chi connectivity index (χ3n) is 1.54. The zero-order valence-corrected chi connectivity index (χ0v) is 10.7. The molecule has 1 aromatic rings. The predicted molar refractivity (Wildman–Crippen MR) is 62.7 cm³/mol. The molecule has 0 atom stereocenters. The van der Waals surface area contributed by atoms with Crippen molar-refractivity contribution >= 4 is 63.8 Å². The van der Waals surface area contributed by atoms with Crippen LogP contribution in [0.2, 0.25) is 10.0 Å². The largest absolute Gasteiger partial charge is 0.505 e. The van der Waals surface area contributed by atoms with Gasteiger partial charge in [-0.1, -0.05) is 58.0 Å². The number of hydrogen-bond acceptors (Lipinski definition) is 2. The summed E-state index contributed by atoms with van der Waals surface area (Å²) in [4.78, 5) is 11.5. The first-order valence-corrected chi connectivity index (χ1v) is 5.42. The van der Waals surface area contributed by atoms with Gasteiger partial charge >= 0.3 is 0 Å². The van der Waals surface area contributed by atoms with Gasteiger partial charge in [0.05, 0.1) is 10.0 Å². The second kappa shape index (κ2) is 4.56. The van der Waals surface area contributed by atoms with E-state index >= 15 is 0 Å². The third-order valence-corrected chi connectivity index (χ3v) is 2.63. The predicted octanol–water partition coefficient (Wildman–Crippen LogP) is 4.25.